The monoisotopic (exact) mass is 216 g/mol. The molecule has 13 heavy (non-hydrogen) atoms. The van der Waals surface area contributed by atoms with Gasteiger partial charge in [0.1, 0.15) is 16.4 Å². The number of carbonyl (C=O) groups is 1. The Balaban J connectivity index is 2.26. The molecule has 0 aromatic carbocycles. The number of rotatable bonds is 1. The normalized spacial score (nSPS) is 20.0. The van der Waals surface area contributed by atoms with Crippen molar-refractivity contribution < 1.29 is 14.1 Å². The Labute approximate surface area is 82.9 Å². The molecule has 2 rings (SSSR count). The number of esters is 1. The molecule has 0 bridgehead atoms. The van der Waals surface area contributed by atoms with Crippen LogP contribution in [0.25, 0.3) is 0 Å². The van der Waals surface area contributed by atoms with Crippen molar-refractivity contribution >= 4 is 28.5 Å². The van der Waals surface area contributed by atoms with E-state index in [1.54, 1.807) is 6.07 Å². The molecule has 0 aliphatic carbocycles. The number of methoxy groups -OCH3 is 1. The lowest BCUT2D eigenvalue weighted by atomic mass is 10.3. The molecule has 0 spiro atoms. The molecular weight excluding hydrogens is 208 g/mol. The third-order valence-corrected chi connectivity index (χ3v) is 4.48. The van der Waals surface area contributed by atoms with Gasteiger partial charge in [0, 0.05) is 5.56 Å². The van der Waals surface area contributed by atoms with Gasteiger partial charge in [-0.25, -0.2) is 4.79 Å². The molecule has 1 aromatic rings. The summed E-state index contributed by atoms with van der Waals surface area (Å²) in [4.78, 5) is 12.8. The second-order valence-electron chi connectivity index (χ2n) is 2.78. The molecule has 0 N–H and O–H groups in total. The highest BCUT2D eigenvalue weighted by molar-refractivity contribution is 7.90. The van der Waals surface area contributed by atoms with E-state index in [1.807, 2.05) is 0 Å². The SMILES string of the molecule is COC(=O)c1cc2c(s1)C[S+]([O-])C2. The maximum atomic E-state index is 11.1. The molecular formula is C8H8O3S2. The largest absolute Gasteiger partial charge is 0.616 e. The first kappa shape index (κ1) is 9.05. The van der Waals surface area contributed by atoms with Gasteiger partial charge in [-0.1, -0.05) is 0 Å². The highest BCUT2D eigenvalue weighted by Crippen LogP contribution is 2.32. The Bertz CT molecular complexity index is 322. The second-order valence-corrected chi connectivity index (χ2v) is 5.37. The third-order valence-electron chi connectivity index (χ3n) is 1.89. The molecule has 1 aromatic heterocycles. The quantitative estimate of drug-likeness (QED) is 0.525. The van der Waals surface area contributed by atoms with Crippen molar-refractivity contribution in [2.45, 2.75) is 11.5 Å². The minimum atomic E-state index is -0.753. The molecule has 5 heteroatoms. The molecule has 1 unspecified atom stereocenters. The molecule has 70 valence electrons. The zero-order valence-corrected chi connectivity index (χ0v) is 8.67. The number of hydrogen-bond acceptors (Lipinski definition) is 4. The fourth-order valence-electron chi connectivity index (χ4n) is 1.28. The first-order valence-electron chi connectivity index (χ1n) is 3.75. The number of carbonyl (C=O) groups excluding carboxylic acids is 1. The van der Waals surface area contributed by atoms with E-state index in [9.17, 15) is 9.35 Å². The van der Waals surface area contributed by atoms with Crippen LogP contribution in [0.1, 0.15) is 20.1 Å². The standard InChI is InChI=1S/C8H8O3S2/c1-11-8(9)6-2-5-3-13(10)4-7(5)12-6/h2H,3-4H2,1H3. The third kappa shape index (κ3) is 1.59. The van der Waals surface area contributed by atoms with Crippen LogP contribution in [0.15, 0.2) is 6.07 Å². The van der Waals surface area contributed by atoms with Crippen molar-refractivity contribution in [1.82, 2.24) is 0 Å². The Kier molecular flexibility index (Phi) is 2.31. The highest BCUT2D eigenvalue weighted by atomic mass is 32.2. The number of thiophene rings is 1. The van der Waals surface area contributed by atoms with Crippen LogP contribution in [-0.2, 0) is 27.4 Å². The lowest BCUT2D eigenvalue weighted by Gasteiger charge is -1.99. The summed E-state index contributed by atoms with van der Waals surface area (Å²) < 4.78 is 15.7. The van der Waals surface area contributed by atoms with E-state index < -0.39 is 11.2 Å². The van der Waals surface area contributed by atoms with Crippen LogP contribution in [-0.4, -0.2) is 17.6 Å². The first-order valence-corrected chi connectivity index (χ1v) is 6.06. The van der Waals surface area contributed by atoms with Crippen LogP contribution in [0.3, 0.4) is 0 Å². The van der Waals surface area contributed by atoms with Gasteiger partial charge in [0.2, 0.25) is 0 Å². The smallest absolute Gasteiger partial charge is 0.348 e. The van der Waals surface area contributed by atoms with Crippen LogP contribution >= 0.6 is 11.3 Å². The van der Waals surface area contributed by atoms with Gasteiger partial charge in [-0.3, -0.25) is 0 Å². The van der Waals surface area contributed by atoms with Crippen molar-refractivity contribution in [2.24, 2.45) is 0 Å². The summed E-state index contributed by atoms with van der Waals surface area (Å²) in [7, 11) is 1.37. The van der Waals surface area contributed by atoms with E-state index in [1.165, 1.54) is 18.4 Å². The van der Waals surface area contributed by atoms with E-state index in [0.717, 1.165) is 10.4 Å². The van der Waals surface area contributed by atoms with Crippen LogP contribution in [0.5, 0.6) is 0 Å². The van der Waals surface area contributed by atoms with Crippen molar-refractivity contribution in [1.29, 1.82) is 0 Å². The van der Waals surface area contributed by atoms with Crippen molar-refractivity contribution in [2.75, 3.05) is 7.11 Å². The van der Waals surface area contributed by atoms with Gasteiger partial charge < -0.3 is 9.29 Å². The summed E-state index contributed by atoms with van der Waals surface area (Å²) in [6, 6.07) is 1.79. The maximum Gasteiger partial charge on any atom is 0.348 e. The van der Waals surface area contributed by atoms with Gasteiger partial charge in [-0.2, -0.15) is 0 Å². The van der Waals surface area contributed by atoms with Gasteiger partial charge in [-0.05, 0) is 17.2 Å². The molecule has 1 atom stereocenters. The summed E-state index contributed by atoms with van der Waals surface area (Å²) >= 11 is 0.637. The predicted molar refractivity (Wildman–Crippen MR) is 51.2 cm³/mol. The zero-order chi connectivity index (χ0) is 9.42. The molecule has 3 nitrogen and oxygen atoms in total. The van der Waals surface area contributed by atoms with Crippen molar-refractivity contribution in [3.63, 3.8) is 0 Å². The summed E-state index contributed by atoms with van der Waals surface area (Å²) in [5.41, 5.74) is 1.05. The van der Waals surface area contributed by atoms with Gasteiger partial charge >= 0.3 is 5.97 Å². The number of hydrogen-bond donors (Lipinski definition) is 0. The average molecular weight is 216 g/mol. The van der Waals surface area contributed by atoms with E-state index in [-0.39, 0.29) is 5.97 Å². The molecule has 1 aliphatic heterocycles. The Morgan fingerprint density at radius 1 is 1.69 bits per heavy atom. The fourth-order valence-corrected chi connectivity index (χ4v) is 4.08. The van der Waals surface area contributed by atoms with Crippen molar-refractivity contribution in [3.8, 4) is 0 Å². The fraction of sp³-hybridized carbons (Fsp3) is 0.375. The van der Waals surface area contributed by atoms with E-state index in [2.05, 4.69) is 4.74 Å². The summed E-state index contributed by atoms with van der Waals surface area (Å²) in [6.45, 7) is 0. The maximum absolute atomic E-state index is 11.1. The molecule has 0 saturated carbocycles. The minimum Gasteiger partial charge on any atom is -0.616 e. The van der Waals surface area contributed by atoms with E-state index in [4.69, 9.17) is 0 Å². The highest BCUT2D eigenvalue weighted by Gasteiger charge is 2.27. The Hall–Kier alpha value is -0.520. The van der Waals surface area contributed by atoms with Gasteiger partial charge in [0.05, 0.1) is 12.0 Å². The van der Waals surface area contributed by atoms with E-state index >= 15 is 0 Å². The molecule has 1 aliphatic rings. The van der Waals surface area contributed by atoms with Crippen molar-refractivity contribution in [3.05, 3.63) is 21.4 Å². The molecule has 2 heterocycles. The molecule has 0 radical (unpaired) electrons. The lowest BCUT2D eigenvalue weighted by molar-refractivity contribution is 0.0606. The van der Waals surface area contributed by atoms with Crippen LogP contribution in [0.4, 0.5) is 0 Å². The van der Waals surface area contributed by atoms with Gasteiger partial charge in [-0.15, -0.1) is 11.3 Å². The predicted octanol–water partition coefficient (Wildman–Crippen LogP) is 1.30. The zero-order valence-electron chi connectivity index (χ0n) is 7.03. The number of ether oxygens (including phenoxy) is 1. The van der Waals surface area contributed by atoms with Gasteiger partial charge in [0.25, 0.3) is 0 Å². The van der Waals surface area contributed by atoms with Crippen LogP contribution < -0.4 is 0 Å². The lowest BCUT2D eigenvalue weighted by Crippen LogP contribution is -1.99. The Morgan fingerprint density at radius 3 is 3.08 bits per heavy atom. The van der Waals surface area contributed by atoms with Crippen LogP contribution in [0.2, 0.25) is 0 Å². The average Bonchev–Trinajstić information content (AvgIpc) is 2.59. The summed E-state index contributed by atoms with van der Waals surface area (Å²) in [5, 5.41) is 0. The molecule has 0 fully saturated rings. The van der Waals surface area contributed by atoms with E-state index in [0.29, 0.717) is 16.4 Å². The summed E-state index contributed by atoms with van der Waals surface area (Å²) in [5.74, 6) is 0.880. The second kappa shape index (κ2) is 3.32. The minimum absolute atomic E-state index is 0.301. The Morgan fingerprint density at radius 2 is 2.46 bits per heavy atom. The van der Waals surface area contributed by atoms with Gasteiger partial charge in [0.15, 0.2) is 0 Å². The first-order chi connectivity index (χ1) is 6.20. The number of fused-ring (bicyclic) bond motifs is 1. The molecule has 0 saturated heterocycles. The summed E-state index contributed by atoms with van der Waals surface area (Å²) in [6.07, 6.45) is 0. The topological polar surface area (TPSA) is 49.4 Å². The van der Waals surface area contributed by atoms with Crippen LogP contribution in [0, 0.1) is 0 Å². The molecule has 0 amide bonds.